The van der Waals surface area contributed by atoms with E-state index in [1.165, 1.54) is 6.08 Å². The molecule has 0 amide bonds. The van der Waals surface area contributed by atoms with Crippen LogP contribution in [0.3, 0.4) is 0 Å². The monoisotopic (exact) mass is 526 g/mol. The summed E-state index contributed by atoms with van der Waals surface area (Å²) in [5, 5.41) is 8.83. The van der Waals surface area contributed by atoms with E-state index in [4.69, 9.17) is 19.3 Å². The predicted octanol–water partition coefficient (Wildman–Crippen LogP) is 5.59. The van der Waals surface area contributed by atoms with Crippen LogP contribution in [0.1, 0.15) is 28.8 Å². The number of ketones is 1. The van der Waals surface area contributed by atoms with Gasteiger partial charge in [0.1, 0.15) is 11.5 Å². The van der Waals surface area contributed by atoms with Crippen molar-refractivity contribution in [1.82, 2.24) is 0 Å². The first-order valence-electron chi connectivity index (χ1n) is 12.4. The van der Waals surface area contributed by atoms with Crippen molar-refractivity contribution in [1.29, 1.82) is 0 Å². The quantitative estimate of drug-likeness (QED) is 0.0961. The van der Waals surface area contributed by atoms with Gasteiger partial charge in [-0.15, -0.1) is 0 Å². The number of carbonyl (C=O) groups is 3. The van der Waals surface area contributed by atoms with Crippen molar-refractivity contribution in [2.45, 2.75) is 12.8 Å². The molecule has 0 radical (unpaired) electrons. The predicted molar refractivity (Wildman–Crippen MR) is 149 cm³/mol. The standard InChI is InChI=1S/C32H30O7/c1-3-31(35)39-29-17-11-26(12-18-29)25-9-6-24(7-10-25)8-19-30(34)27-13-15-28(16-14-27)37-20-4-5-21-38-32(36)23(2)22-33/h3,6-19,33H,1-2,4-5,20-22H2/b19-8+. The normalized spacial score (nSPS) is 10.6. The third-order valence-corrected chi connectivity index (χ3v) is 5.57. The molecule has 0 fully saturated rings. The molecule has 0 spiro atoms. The molecule has 0 bridgehead atoms. The average molecular weight is 527 g/mol. The minimum Gasteiger partial charge on any atom is -0.494 e. The molecule has 0 unspecified atom stereocenters. The van der Waals surface area contributed by atoms with Gasteiger partial charge in [0.05, 0.1) is 25.4 Å². The van der Waals surface area contributed by atoms with Crippen molar-refractivity contribution in [3.05, 3.63) is 115 Å². The average Bonchev–Trinajstić information content (AvgIpc) is 2.98. The van der Waals surface area contributed by atoms with Gasteiger partial charge >= 0.3 is 11.9 Å². The molecule has 1 N–H and O–H groups in total. The van der Waals surface area contributed by atoms with Crippen LogP contribution in [0.15, 0.2) is 104 Å². The third-order valence-electron chi connectivity index (χ3n) is 5.57. The number of aliphatic hydroxyl groups is 1. The molecule has 7 heteroatoms. The Hall–Kier alpha value is -4.75. The van der Waals surface area contributed by atoms with Gasteiger partial charge in [-0.1, -0.05) is 55.6 Å². The van der Waals surface area contributed by atoms with Gasteiger partial charge in [-0.05, 0) is 72.0 Å². The highest BCUT2D eigenvalue weighted by molar-refractivity contribution is 6.06. The van der Waals surface area contributed by atoms with Crippen LogP contribution >= 0.6 is 0 Å². The van der Waals surface area contributed by atoms with Gasteiger partial charge in [-0.25, -0.2) is 9.59 Å². The van der Waals surface area contributed by atoms with Gasteiger partial charge in [0.15, 0.2) is 5.78 Å². The molecule has 0 aromatic heterocycles. The van der Waals surface area contributed by atoms with Crippen molar-refractivity contribution in [3.63, 3.8) is 0 Å². The van der Waals surface area contributed by atoms with Gasteiger partial charge in [0.25, 0.3) is 0 Å². The molecule has 0 saturated carbocycles. The second-order valence-electron chi connectivity index (χ2n) is 8.45. The number of allylic oxidation sites excluding steroid dienone is 1. The molecule has 3 rings (SSSR count). The summed E-state index contributed by atoms with van der Waals surface area (Å²) in [7, 11) is 0. The van der Waals surface area contributed by atoms with Crippen LogP contribution in [0.2, 0.25) is 0 Å². The van der Waals surface area contributed by atoms with Gasteiger partial charge in [-0.2, -0.15) is 0 Å². The molecule has 7 nitrogen and oxygen atoms in total. The van der Waals surface area contributed by atoms with E-state index in [0.29, 0.717) is 36.5 Å². The maximum Gasteiger partial charge on any atom is 0.335 e. The van der Waals surface area contributed by atoms with E-state index >= 15 is 0 Å². The summed E-state index contributed by atoms with van der Waals surface area (Å²) in [4.78, 5) is 35.3. The van der Waals surface area contributed by atoms with Crippen molar-refractivity contribution in [2.24, 2.45) is 0 Å². The highest BCUT2D eigenvalue weighted by atomic mass is 16.5. The number of carbonyl (C=O) groups excluding carboxylic acids is 3. The molecular weight excluding hydrogens is 496 g/mol. The largest absolute Gasteiger partial charge is 0.494 e. The summed E-state index contributed by atoms with van der Waals surface area (Å²) in [6.07, 6.45) is 5.70. The Balaban J connectivity index is 1.44. The van der Waals surface area contributed by atoms with Crippen LogP contribution in [0.5, 0.6) is 11.5 Å². The molecule has 3 aromatic rings. The lowest BCUT2D eigenvalue weighted by molar-refractivity contribution is -0.139. The summed E-state index contributed by atoms with van der Waals surface area (Å²) in [6.45, 7) is 7.04. The molecule has 0 aliphatic heterocycles. The Kier molecular flexibility index (Phi) is 11.0. The van der Waals surface area contributed by atoms with E-state index < -0.39 is 18.5 Å². The number of hydrogen-bond acceptors (Lipinski definition) is 7. The summed E-state index contributed by atoms with van der Waals surface area (Å²) in [5.74, 6) is -0.134. The van der Waals surface area contributed by atoms with E-state index in [2.05, 4.69) is 13.2 Å². The zero-order chi connectivity index (χ0) is 28.0. The van der Waals surface area contributed by atoms with Crippen molar-refractivity contribution >= 4 is 23.8 Å². The fourth-order valence-corrected chi connectivity index (χ4v) is 3.37. The molecular formula is C32H30O7. The molecule has 0 saturated heterocycles. The molecule has 0 heterocycles. The molecule has 0 atom stereocenters. The Morgan fingerprint density at radius 2 is 1.38 bits per heavy atom. The molecule has 200 valence electrons. The lowest BCUT2D eigenvalue weighted by Gasteiger charge is -2.07. The Labute approximate surface area is 227 Å². The van der Waals surface area contributed by atoms with E-state index in [-0.39, 0.29) is 18.0 Å². The van der Waals surface area contributed by atoms with Crippen molar-refractivity contribution in [3.8, 4) is 22.6 Å². The number of rotatable bonds is 14. The summed E-state index contributed by atoms with van der Waals surface area (Å²) in [6, 6.07) is 21.8. The van der Waals surface area contributed by atoms with E-state index in [0.717, 1.165) is 22.8 Å². The maximum atomic E-state index is 12.6. The molecule has 3 aromatic carbocycles. The molecule has 0 aliphatic carbocycles. The van der Waals surface area contributed by atoms with Crippen molar-refractivity contribution < 1.29 is 33.7 Å². The smallest absolute Gasteiger partial charge is 0.335 e. The van der Waals surface area contributed by atoms with Crippen LogP contribution in [0, 0.1) is 0 Å². The Morgan fingerprint density at radius 1 is 0.795 bits per heavy atom. The van der Waals surface area contributed by atoms with Gasteiger partial charge in [0.2, 0.25) is 0 Å². The van der Waals surface area contributed by atoms with E-state index in [9.17, 15) is 14.4 Å². The van der Waals surface area contributed by atoms with Gasteiger partial charge in [0, 0.05) is 11.6 Å². The van der Waals surface area contributed by atoms with Crippen LogP contribution in [0.25, 0.3) is 17.2 Å². The number of aliphatic hydroxyl groups excluding tert-OH is 1. The summed E-state index contributed by atoms with van der Waals surface area (Å²) < 4.78 is 15.7. The number of unbranched alkanes of at least 4 members (excludes halogenated alkanes) is 1. The first-order valence-corrected chi connectivity index (χ1v) is 12.4. The first-order chi connectivity index (χ1) is 18.9. The fourth-order valence-electron chi connectivity index (χ4n) is 3.37. The highest BCUT2D eigenvalue weighted by Gasteiger charge is 2.07. The minimum absolute atomic E-state index is 0.0305. The van der Waals surface area contributed by atoms with Crippen LogP contribution in [-0.4, -0.2) is 42.6 Å². The van der Waals surface area contributed by atoms with Gasteiger partial charge < -0.3 is 19.3 Å². The molecule has 39 heavy (non-hydrogen) atoms. The number of ether oxygens (including phenoxy) is 3. The topological polar surface area (TPSA) is 99.1 Å². The van der Waals surface area contributed by atoms with Crippen LogP contribution in [-0.2, 0) is 14.3 Å². The fraction of sp³-hybridized carbons (Fsp3) is 0.156. The van der Waals surface area contributed by atoms with Crippen LogP contribution in [0.4, 0.5) is 0 Å². The lowest BCUT2D eigenvalue weighted by atomic mass is 10.0. The summed E-state index contributed by atoms with van der Waals surface area (Å²) >= 11 is 0. The van der Waals surface area contributed by atoms with Crippen molar-refractivity contribution in [2.75, 3.05) is 19.8 Å². The second-order valence-corrected chi connectivity index (χ2v) is 8.45. The third kappa shape index (κ3) is 9.25. The highest BCUT2D eigenvalue weighted by Crippen LogP contribution is 2.23. The Morgan fingerprint density at radius 3 is 2.00 bits per heavy atom. The van der Waals surface area contributed by atoms with Gasteiger partial charge in [-0.3, -0.25) is 4.79 Å². The number of esters is 2. The summed E-state index contributed by atoms with van der Waals surface area (Å²) in [5.41, 5.74) is 3.42. The van der Waals surface area contributed by atoms with Crippen LogP contribution < -0.4 is 9.47 Å². The van der Waals surface area contributed by atoms with E-state index in [1.807, 2.05) is 36.4 Å². The molecule has 0 aliphatic rings. The zero-order valence-electron chi connectivity index (χ0n) is 21.5. The number of hydrogen-bond donors (Lipinski definition) is 1. The Bertz CT molecular complexity index is 1320. The second kappa shape index (κ2) is 14.9. The zero-order valence-corrected chi connectivity index (χ0v) is 21.5. The first kappa shape index (κ1) is 28.8. The number of benzene rings is 3. The SMILES string of the molecule is C=CC(=O)Oc1ccc(-c2ccc(/C=C/C(=O)c3ccc(OCCCCOC(=O)C(=C)CO)cc3)cc2)cc1. The lowest BCUT2D eigenvalue weighted by Crippen LogP contribution is -2.11. The van der Waals surface area contributed by atoms with E-state index in [1.54, 1.807) is 42.5 Å². The maximum absolute atomic E-state index is 12.6. The minimum atomic E-state index is -0.595.